The number of nitrogens with zero attached hydrogens (tertiary/aromatic N) is 4. The molecule has 0 saturated carbocycles. The molecule has 0 atom stereocenters. The van der Waals surface area contributed by atoms with Gasteiger partial charge in [-0.25, -0.2) is 0 Å². The number of carbonyl (C=O) groups is 1. The van der Waals surface area contributed by atoms with Crippen LogP contribution in [0, 0.1) is 0 Å². The molecule has 2 aromatic heterocycles. The van der Waals surface area contributed by atoms with Gasteiger partial charge in [0.15, 0.2) is 17.1 Å². The summed E-state index contributed by atoms with van der Waals surface area (Å²) in [5.74, 6) is 1.01. The Hall–Kier alpha value is -3.59. The normalized spacial score (nSPS) is 12.6. The van der Waals surface area contributed by atoms with Crippen molar-refractivity contribution in [3.63, 3.8) is 0 Å². The molecule has 1 aliphatic rings. The number of ether oxygens (including phenoxy) is 2. The maximum atomic E-state index is 12.9. The fraction of sp³-hybridized carbons (Fsp3) is 0.158. The van der Waals surface area contributed by atoms with Gasteiger partial charge in [-0.05, 0) is 35.9 Å². The predicted molar refractivity (Wildman–Crippen MR) is 104 cm³/mol. The van der Waals surface area contributed by atoms with Gasteiger partial charge >= 0.3 is 0 Å². The largest absolute Gasteiger partial charge is 0.454 e. The second-order valence-corrected chi connectivity index (χ2v) is 6.96. The molecule has 146 valence electrons. The van der Waals surface area contributed by atoms with Crippen LogP contribution in [-0.4, -0.2) is 32.1 Å². The molecule has 3 heterocycles. The zero-order valence-electron chi connectivity index (χ0n) is 15.0. The van der Waals surface area contributed by atoms with Gasteiger partial charge in [-0.15, -0.1) is 5.10 Å². The molecule has 2 aromatic carbocycles. The molecule has 0 bridgehead atoms. The molecule has 1 amide bonds. The molecule has 4 aromatic rings. The molecule has 10 heteroatoms. The first-order valence-electron chi connectivity index (χ1n) is 8.78. The quantitative estimate of drug-likeness (QED) is 0.549. The van der Waals surface area contributed by atoms with Crippen LogP contribution in [0.2, 0.25) is 5.02 Å². The van der Waals surface area contributed by atoms with Gasteiger partial charge in [-0.2, -0.15) is 4.52 Å². The van der Waals surface area contributed by atoms with Crippen molar-refractivity contribution in [3.8, 4) is 11.5 Å². The van der Waals surface area contributed by atoms with E-state index >= 15 is 0 Å². The van der Waals surface area contributed by atoms with Crippen molar-refractivity contribution in [1.29, 1.82) is 0 Å². The van der Waals surface area contributed by atoms with E-state index in [1.54, 1.807) is 24.3 Å². The van der Waals surface area contributed by atoms with Crippen LogP contribution in [0.15, 0.2) is 47.4 Å². The Balaban J connectivity index is 1.41. The van der Waals surface area contributed by atoms with Crippen molar-refractivity contribution in [1.82, 2.24) is 24.7 Å². The zero-order valence-corrected chi connectivity index (χ0v) is 15.7. The third-order valence-corrected chi connectivity index (χ3v) is 4.93. The number of rotatable bonds is 4. The first kappa shape index (κ1) is 17.5. The Morgan fingerprint density at radius 2 is 2.03 bits per heavy atom. The highest BCUT2D eigenvalue weighted by molar-refractivity contribution is 6.31. The lowest BCUT2D eigenvalue weighted by molar-refractivity contribution is -0.121. The van der Waals surface area contributed by atoms with E-state index in [9.17, 15) is 9.59 Å². The van der Waals surface area contributed by atoms with Gasteiger partial charge in [-0.3, -0.25) is 14.2 Å². The smallest absolute Gasteiger partial charge is 0.262 e. The molecule has 0 fully saturated rings. The van der Waals surface area contributed by atoms with Crippen LogP contribution in [0.4, 0.5) is 0 Å². The molecule has 0 aliphatic carbocycles. The third-order valence-electron chi connectivity index (χ3n) is 4.70. The highest BCUT2D eigenvalue weighted by atomic mass is 35.5. The summed E-state index contributed by atoms with van der Waals surface area (Å²) < 4.78 is 13.4. The molecule has 29 heavy (non-hydrogen) atoms. The van der Waals surface area contributed by atoms with Gasteiger partial charge < -0.3 is 14.8 Å². The van der Waals surface area contributed by atoms with Crippen molar-refractivity contribution >= 4 is 34.1 Å². The highest BCUT2D eigenvalue weighted by Crippen LogP contribution is 2.32. The molecule has 5 rings (SSSR count). The number of carbonyl (C=O) groups excluding carboxylic acids is 1. The summed E-state index contributed by atoms with van der Waals surface area (Å²) in [4.78, 5) is 25.5. The lowest BCUT2D eigenvalue weighted by atomic mass is 10.2. The molecular formula is C19H14ClN5O4. The van der Waals surface area contributed by atoms with Gasteiger partial charge in [0.1, 0.15) is 6.54 Å². The lowest BCUT2D eigenvalue weighted by Gasteiger charge is -2.11. The fourth-order valence-electron chi connectivity index (χ4n) is 3.30. The lowest BCUT2D eigenvalue weighted by Crippen LogP contribution is -2.33. The molecule has 1 aliphatic heterocycles. The number of fused-ring (bicyclic) bond motifs is 4. The molecule has 1 N–H and O–H groups in total. The minimum atomic E-state index is -0.318. The van der Waals surface area contributed by atoms with Crippen LogP contribution in [0.1, 0.15) is 5.56 Å². The van der Waals surface area contributed by atoms with Gasteiger partial charge in [-0.1, -0.05) is 22.9 Å². The number of aromatic nitrogens is 4. The summed E-state index contributed by atoms with van der Waals surface area (Å²) in [6.07, 6.45) is 1.44. The van der Waals surface area contributed by atoms with Crippen LogP contribution in [0.25, 0.3) is 16.6 Å². The van der Waals surface area contributed by atoms with Crippen LogP contribution < -0.4 is 20.3 Å². The summed E-state index contributed by atoms with van der Waals surface area (Å²) in [6, 6.07) is 10.3. The van der Waals surface area contributed by atoms with Crippen LogP contribution in [0.5, 0.6) is 11.5 Å². The summed E-state index contributed by atoms with van der Waals surface area (Å²) in [5.41, 5.74) is 1.49. The molecule has 0 radical (unpaired) electrons. The van der Waals surface area contributed by atoms with E-state index in [2.05, 4.69) is 15.6 Å². The number of hydrogen-bond acceptors (Lipinski definition) is 6. The summed E-state index contributed by atoms with van der Waals surface area (Å²) in [7, 11) is 0. The summed E-state index contributed by atoms with van der Waals surface area (Å²) in [5, 5.41) is 11.6. The second kappa shape index (κ2) is 6.78. The second-order valence-electron chi connectivity index (χ2n) is 6.52. The van der Waals surface area contributed by atoms with Gasteiger partial charge in [0, 0.05) is 11.6 Å². The van der Waals surface area contributed by atoms with E-state index in [1.807, 2.05) is 12.1 Å². The number of hydrogen-bond donors (Lipinski definition) is 1. The summed E-state index contributed by atoms with van der Waals surface area (Å²) >= 11 is 6.05. The zero-order chi connectivity index (χ0) is 20.0. The van der Waals surface area contributed by atoms with Crippen LogP contribution in [0.3, 0.4) is 0 Å². The first-order valence-corrected chi connectivity index (χ1v) is 9.16. The predicted octanol–water partition coefficient (Wildman–Crippen LogP) is 1.74. The highest BCUT2D eigenvalue weighted by Gasteiger charge is 2.16. The van der Waals surface area contributed by atoms with Crippen molar-refractivity contribution in [2.75, 3.05) is 6.79 Å². The Morgan fingerprint density at radius 1 is 1.17 bits per heavy atom. The third kappa shape index (κ3) is 3.05. The number of benzene rings is 2. The van der Waals surface area contributed by atoms with E-state index in [0.29, 0.717) is 39.6 Å². The minimum absolute atomic E-state index is 0.168. The van der Waals surface area contributed by atoms with E-state index < -0.39 is 0 Å². The molecule has 0 saturated heterocycles. The topological polar surface area (TPSA) is 99.8 Å². The van der Waals surface area contributed by atoms with Crippen molar-refractivity contribution in [2.24, 2.45) is 0 Å². The maximum Gasteiger partial charge on any atom is 0.262 e. The summed E-state index contributed by atoms with van der Waals surface area (Å²) in [6.45, 7) is 0.316. The van der Waals surface area contributed by atoms with E-state index in [-0.39, 0.29) is 24.8 Å². The molecular weight excluding hydrogens is 398 g/mol. The first-order chi connectivity index (χ1) is 14.1. The van der Waals surface area contributed by atoms with E-state index in [0.717, 1.165) is 5.56 Å². The Kier molecular flexibility index (Phi) is 4.09. The monoisotopic (exact) mass is 411 g/mol. The fourth-order valence-corrected chi connectivity index (χ4v) is 3.47. The van der Waals surface area contributed by atoms with Crippen molar-refractivity contribution in [3.05, 3.63) is 63.5 Å². The molecule has 0 unspecified atom stereocenters. The van der Waals surface area contributed by atoms with Crippen LogP contribution in [-0.2, 0) is 17.9 Å². The van der Waals surface area contributed by atoms with Gasteiger partial charge in [0.25, 0.3) is 5.56 Å². The maximum absolute atomic E-state index is 12.9. The van der Waals surface area contributed by atoms with E-state index in [4.69, 9.17) is 21.1 Å². The number of halogens is 1. The SMILES string of the molecule is O=C(Cn1c(=O)c2ccc(Cl)cc2n2nncc12)NCc1ccc2c(c1)OCO2. The average Bonchev–Trinajstić information content (AvgIpc) is 3.38. The van der Waals surface area contributed by atoms with Gasteiger partial charge in [0.2, 0.25) is 12.7 Å². The number of nitrogens with one attached hydrogen (secondary N) is 1. The number of amides is 1. The van der Waals surface area contributed by atoms with Gasteiger partial charge in [0.05, 0.1) is 17.1 Å². The van der Waals surface area contributed by atoms with Crippen molar-refractivity contribution in [2.45, 2.75) is 13.1 Å². The molecule has 9 nitrogen and oxygen atoms in total. The van der Waals surface area contributed by atoms with E-state index in [1.165, 1.54) is 15.3 Å². The molecule has 0 spiro atoms. The Bertz CT molecular complexity index is 1330. The van der Waals surface area contributed by atoms with Crippen LogP contribution >= 0.6 is 11.6 Å². The Morgan fingerprint density at radius 3 is 2.93 bits per heavy atom. The minimum Gasteiger partial charge on any atom is -0.454 e. The Labute approximate surface area is 168 Å². The average molecular weight is 412 g/mol. The standard InChI is InChI=1S/C19H14ClN5O4/c20-12-2-3-13-14(6-12)25-18(8-22-23-25)24(19(13)27)9-17(26)21-7-11-1-4-15-16(5-11)29-10-28-15/h1-6,8H,7,9-10H2,(H,21,26). The van der Waals surface area contributed by atoms with Crippen molar-refractivity contribution < 1.29 is 14.3 Å².